The van der Waals surface area contributed by atoms with Crippen LogP contribution in [0.5, 0.6) is 0 Å². The van der Waals surface area contributed by atoms with Crippen molar-refractivity contribution in [2.24, 2.45) is 0 Å². The molecule has 8 nitrogen and oxygen atoms in total. The lowest BCUT2D eigenvalue weighted by molar-refractivity contribution is -0.384. The monoisotopic (exact) mass is 466 g/mol. The van der Waals surface area contributed by atoms with Gasteiger partial charge in [-0.15, -0.1) is 11.3 Å². The van der Waals surface area contributed by atoms with Gasteiger partial charge in [-0.2, -0.15) is 0 Å². The maximum absolute atomic E-state index is 13.1. The van der Waals surface area contributed by atoms with Gasteiger partial charge < -0.3 is 9.64 Å². The smallest absolute Gasteiger partial charge is 0.270 e. The van der Waals surface area contributed by atoms with Crippen molar-refractivity contribution in [3.05, 3.63) is 69.1 Å². The van der Waals surface area contributed by atoms with Gasteiger partial charge in [-0.05, 0) is 17.0 Å². The summed E-state index contributed by atoms with van der Waals surface area (Å²) in [6, 6.07) is 12.6. The zero-order chi connectivity index (χ0) is 23.6. The predicted octanol–water partition coefficient (Wildman–Crippen LogP) is 5.10. The van der Waals surface area contributed by atoms with Gasteiger partial charge in [0, 0.05) is 36.2 Å². The number of amides is 1. The number of nitro groups is 1. The minimum atomic E-state index is -0.497. The van der Waals surface area contributed by atoms with Crippen LogP contribution in [0.4, 0.5) is 16.5 Å². The minimum absolute atomic E-state index is 0.0657. The lowest BCUT2D eigenvalue weighted by Crippen LogP contribution is -2.37. The molecular weight excluding hydrogens is 440 g/mol. The molecule has 4 rings (SSSR count). The molecule has 0 saturated carbocycles. The number of morpholine rings is 1. The van der Waals surface area contributed by atoms with E-state index in [1.807, 2.05) is 22.4 Å². The highest BCUT2D eigenvalue weighted by molar-refractivity contribution is 7.14. The molecule has 1 aliphatic heterocycles. The van der Waals surface area contributed by atoms with Crippen LogP contribution in [0.2, 0.25) is 0 Å². The Bertz CT molecular complexity index is 1160. The number of anilines is 2. The Kier molecular flexibility index (Phi) is 6.44. The van der Waals surface area contributed by atoms with Crippen molar-refractivity contribution in [1.29, 1.82) is 0 Å². The van der Waals surface area contributed by atoms with Crippen molar-refractivity contribution in [2.75, 3.05) is 36.5 Å². The summed E-state index contributed by atoms with van der Waals surface area (Å²) in [6.45, 7) is 8.81. The molecule has 2 aromatic carbocycles. The second-order valence-electron chi connectivity index (χ2n) is 8.88. The Balaban J connectivity index is 1.57. The van der Waals surface area contributed by atoms with Crippen LogP contribution in [-0.4, -0.2) is 42.1 Å². The Hall–Kier alpha value is -3.30. The number of thiazole rings is 1. The average Bonchev–Trinajstić information content (AvgIpc) is 3.27. The summed E-state index contributed by atoms with van der Waals surface area (Å²) in [5.41, 5.74) is 3.80. The second kappa shape index (κ2) is 9.29. The fourth-order valence-electron chi connectivity index (χ4n) is 3.67. The molecule has 9 heteroatoms. The fraction of sp³-hybridized carbons (Fsp3) is 0.333. The summed E-state index contributed by atoms with van der Waals surface area (Å²) in [6.07, 6.45) is 0. The van der Waals surface area contributed by atoms with E-state index in [9.17, 15) is 14.9 Å². The van der Waals surface area contributed by atoms with E-state index in [1.54, 1.807) is 6.07 Å². The third-order valence-electron chi connectivity index (χ3n) is 5.56. The number of rotatable bonds is 5. The Morgan fingerprint density at radius 2 is 1.85 bits per heavy atom. The van der Waals surface area contributed by atoms with Crippen molar-refractivity contribution >= 4 is 33.8 Å². The van der Waals surface area contributed by atoms with E-state index in [2.05, 4.69) is 43.2 Å². The van der Waals surface area contributed by atoms with Gasteiger partial charge in [0.15, 0.2) is 5.13 Å². The summed E-state index contributed by atoms with van der Waals surface area (Å²) in [4.78, 5) is 30.5. The number of non-ortho nitro benzene ring substituents is 1. The number of hydrogen-bond donors (Lipinski definition) is 1. The van der Waals surface area contributed by atoms with Gasteiger partial charge in [-0.1, -0.05) is 45.0 Å². The molecule has 1 aliphatic rings. The molecule has 3 aromatic rings. The molecule has 0 bridgehead atoms. The van der Waals surface area contributed by atoms with Gasteiger partial charge in [-0.3, -0.25) is 20.2 Å². The van der Waals surface area contributed by atoms with Crippen molar-refractivity contribution in [1.82, 2.24) is 4.98 Å². The largest absolute Gasteiger partial charge is 0.378 e. The van der Waals surface area contributed by atoms with Gasteiger partial charge in [0.1, 0.15) is 0 Å². The van der Waals surface area contributed by atoms with Crippen LogP contribution in [0.3, 0.4) is 0 Å². The fourth-order valence-corrected chi connectivity index (χ4v) is 4.38. The van der Waals surface area contributed by atoms with E-state index in [0.717, 1.165) is 11.3 Å². The van der Waals surface area contributed by atoms with E-state index < -0.39 is 10.8 Å². The molecule has 0 unspecified atom stereocenters. The molecule has 0 aliphatic carbocycles. The first-order valence-electron chi connectivity index (χ1n) is 10.7. The van der Waals surface area contributed by atoms with Gasteiger partial charge in [-0.25, -0.2) is 4.98 Å². The third-order valence-corrected chi connectivity index (χ3v) is 6.32. The standard InChI is InChI=1S/C24H26N4O4S/c1-24(2,3)17-6-4-16(5-7-17)20-15-33-23(25-20)26-22(29)19-14-18(28(30)31)8-9-21(19)27-10-12-32-13-11-27/h4-9,14-15H,10-13H2,1-3H3,(H,25,26,29). The topological polar surface area (TPSA) is 97.6 Å². The Morgan fingerprint density at radius 3 is 2.48 bits per heavy atom. The van der Waals surface area contributed by atoms with Crippen LogP contribution in [0.1, 0.15) is 36.7 Å². The molecule has 1 amide bonds. The number of benzene rings is 2. The first-order valence-corrected chi connectivity index (χ1v) is 11.6. The molecular formula is C24H26N4O4S. The van der Waals surface area contributed by atoms with Crippen LogP contribution in [-0.2, 0) is 10.2 Å². The Morgan fingerprint density at radius 1 is 1.15 bits per heavy atom. The number of nitrogens with one attached hydrogen (secondary N) is 1. The number of ether oxygens (including phenoxy) is 1. The highest BCUT2D eigenvalue weighted by Crippen LogP contribution is 2.30. The summed E-state index contributed by atoms with van der Waals surface area (Å²) in [5.74, 6) is -0.427. The van der Waals surface area contributed by atoms with E-state index in [-0.39, 0.29) is 16.7 Å². The maximum atomic E-state index is 13.1. The molecule has 1 aromatic heterocycles. The number of aromatic nitrogens is 1. The van der Waals surface area contributed by atoms with E-state index >= 15 is 0 Å². The van der Waals surface area contributed by atoms with Crippen LogP contribution < -0.4 is 10.2 Å². The molecule has 0 radical (unpaired) electrons. The molecule has 172 valence electrons. The molecule has 0 atom stereocenters. The maximum Gasteiger partial charge on any atom is 0.270 e. The quantitative estimate of drug-likeness (QED) is 0.415. The van der Waals surface area contributed by atoms with Crippen LogP contribution >= 0.6 is 11.3 Å². The van der Waals surface area contributed by atoms with Crippen molar-refractivity contribution in [2.45, 2.75) is 26.2 Å². The normalized spacial score (nSPS) is 14.2. The molecule has 1 saturated heterocycles. The average molecular weight is 467 g/mol. The van der Waals surface area contributed by atoms with Crippen molar-refractivity contribution in [3.63, 3.8) is 0 Å². The zero-order valence-electron chi connectivity index (χ0n) is 18.8. The number of nitrogens with zero attached hydrogens (tertiary/aromatic N) is 3. The van der Waals surface area contributed by atoms with Crippen LogP contribution in [0, 0.1) is 10.1 Å². The molecule has 33 heavy (non-hydrogen) atoms. The zero-order valence-corrected chi connectivity index (χ0v) is 19.6. The van der Waals surface area contributed by atoms with Crippen LogP contribution in [0.25, 0.3) is 11.3 Å². The molecule has 2 heterocycles. The third kappa shape index (κ3) is 5.20. The number of carbonyl (C=O) groups is 1. The van der Waals surface area contributed by atoms with E-state index in [0.29, 0.717) is 37.1 Å². The van der Waals surface area contributed by atoms with E-state index in [1.165, 1.54) is 29.0 Å². The summed E-state index contributed by atoms with van der Waals surface area (Å²) in [5, 5.41) is 16.4. The summed E-state index contributed by atoms with van der Waals surface area (Å²) < 4.78 is 5.39. The highest BCUT2D eigenvalue weighted by Gasteiger charge is 2.23. The van der Waals surface area contributed by atoms with Gasteiger partial charge >= 0.3 is 0 Å². The highest BCUT2D eigenvalue weighted by atomic mass is 32.1. The number of carbonyl (C=O) groups excluding carboxylic acids is 1. The minimum Gasteiger partial charge on any atom is -0.378 e. The Labute approximate surface area is 196 Å². The molecule has 0 spiro atoms. The van der Waals surface area contributed by atoms with Gasteiger partial charge in [0.05, 0.1) is 35.1 Å². The molecule has 1 N–H and O–H groups in total. The van der Waals surface area contributed by atoms with Crippen molar-refractivity contribution in [3.8, 4) is 11.3 Å². The number of hydrogen-bond acceptors (Lipinski definition) is 7. The second-order valence-corrected chi connectivity index (χ2v) is 9.74. The van der Waals surface area contributed by atoms with E-state index in [4.69, 9.17) is 4.74 Å². The first-order chi connectivity index (χ1) is 15.7. The van der Waals surface area contributed by atoms with Gasteiger partial charge in [0.25, 0.3) is 11.6 Å². The lowest BCUT2D eigenvalue weighted by atomic mass is 9.86. The predicted molar refractivity (Wildman–Crippen MR) is 130 cm³/mol. The van der Waals surface area contributed by atoms with Crippen LogP contribution in [0.15, 0.2) is 47.8 Å². The first kappa shape index (κ1) is 22.9. The van der Waals surface area contributed by atoms with Gasteiger partial charge in [0.2, 0.25) is 0 Å². The lowest BCUT2D eigenvalue weighted by Gasteiger charge is -2.30. The SMILES string of the molecule is CC(C)(C)c1ccc(-c2csc(NC(=O)c3cc([N+](=O)[O-])ccc3N3CCOCC3)n2)cc1. The molecule has 1 fully saturated rings. The summed E-state index contributed by atoms with van der Waals surface area (Å²) >= 11 is 1.32. The summed E-state index contributed by atoms with van der Waals surface area (Å²) in [7, 11) is 0. The van der Waals surface area contributed by atoms with Crippen molar-refractivity contribution < 1.29 is 14.5 Å². The number of nitro benzene ring substituents is 1.